The van der Waals surface area contributed by atoms with Gasteiger partial charge in [-0.2, -0.15) is 0 Å². The Hall–Kier alpha value is -6.88. The van der Waals surface area contributed by atoms with Crippen LogP contribution in [-0.2, 0) is 0 Å². The van der Waals surface area contributed by atoms with E-state index in [1.807, 2.05) is 0 Å². The van der Waals surface area contributed by atoms with Crippen LogP contribution in [0.3, 0.4) is 0 Å². The first kappa shape index (κ1) is 34.9. The molecule has 0 aliphatic carbocycles. The zero-order valence-corrected chi connectivity index (χ0v) is 25.6. The lowest BCUT2D eigenvalue weighted by Gasteiger charge is -2.08. The van der Waals surface area contributed by atoms with Crippen molar-refractivity contribution in [2.45, 2.75) is 0 Å². The Balaban J connectivity index is 1.47. The minimum Gasteiger partial charge on any atom is -0.208 e. The first-order chi connectivity index (χ1) is 26.4. The maximum absolute atomic E-state index is 15.4. The van der Waals surface area contributed by atoms with E-state index < -0.39 is 184 Å². The highest BCUT2D eigenvalue weighted by molar-refractivity contribution is 6.35. The molecule has 0 atom stereocenters. The lowest BCUT2D eigenvalue weighted by Crippen LogP contribution is -2.14. The van der Waals surface area contributed by atoms with Crippen LogP contribution in [0.2, 0.25) is 0 Å². The van der Waals surface area contributed by atoms with Crippen LogP contribution in [0.15, 0.2) is 39.9 Å². The van der Waals surface area contributed by atoms with Crippen LogP contribution in [0.1, 0.15) is 44.5 Å². The average Bonchev–Trinajstić information content (AvgIpc) is 3.92. The number of nitrogens with zero attached hydrogens (tertiary/aromatic N) is 8. The van der Waals surface area contributed by atoms with E-state index in [-0.39, 0.29) is 0 Å². The average molecular weight is 800 g/mol. The summed E-state index contributed by atoms with van der Waals surface area (Å²) >= 11 is 0. The van der Waals surface area contributed by atoms with E-state index in [9.17, 15) is 35.1 Å². The molecule has 0 fully saturated rings. The van der Waals surface area contributed by atoms with Crippen LogP contribution in [-0.4, -0.2) is 46.7 Å². The van der Waals surface area contributed by atoms with Gasteiger partial charge in [-0.25, -0.2) is 110 Å². The fraction of sp³-hybridized carbons (Fsp3) is 0. The first-order valence-electron chi connectivity index (χ1n) is 14.6. The van der Waals surface area contributed by atoms with Gasteiger partial charge in [0.25, 0.3) is 0 Å². The van der Waals surface area contributed by atoms with Gasteiger partial charge in [0.2, 0.25) is 0 Å². The van der Waals surface area contributed by atoms with Crippen molar-refractivity contribution in [3.63, 3.8) is 0 Å². The number of hydrogen-bond acceptors (Lipinski definition) is 8. The Kier molecular flexibility index (Phi) is 7.05. The van der Waals surface area contributed by atoms with Gasteiger partial charge in [-0.3, -0.25) is 0 Å². The third kappa shape index (κ3) is 4.27. The van der Waals surface area contributed by atoms with Crippen LogP contribution < -0.4 is 0 Å². The summed E-state index contributed by atoms with van der Waals surface area (Å²) in [6.07, 6.45) is 0. The SMILES string of the molecule is Fc1c(F)c(F)c2c(c1F)C1=NC2=NC2=NC(=NC3=NC(=NC4=NC(=N1)c1c(F)c(F)c(F)c(F)c14)c1c(F)c(F)c(F)c(F)c13)c1c(F)c(F)c(F)c(F)c12. The van der Waals surface area contributed by atoms with Crippen molar-refractivity contribution in [1.82, 2.24) is 0 Å². The van der Waals surface area contributed by atoms with Gasteiger partial charge in [-0.15, -0.1) is 0 Å². The standard InChI is InChI=1S/C32F16N8/c33-9-1-2(10(34)18(42)17(9)41)26-49-25(1)53-27-3-4(12(36)20(44)19(43)11(3)35)29(50-27)55-31-7-8(16(40)24(48)23(47)15(7)39)32(52-31)56-30-6-5(28(51-30)54-26)13(37)21(45)22(46)14(6)38. The number of amidine groups is 8. The highest BCUT2D eigenvalue weighted by atomic mass is 19.2. The van der Waals surface area contributed by atoms with Gasteiger partial charge in [0.05, 0.1) is 44.5 Å². The van der Waals surface area contributed by atoms with E-state index in [4.69, 9.17) is 0 Å². The van der Waals surface area contributed by atoms with Crippen molar-refractivity contribution < 1.29 is 70.2 Å². The van der Waals surface area contributed by atoms with Crippen molar-refractivity contribution in [1.29, 1.82) is 0 Å². The molecule has 56 heavy (non-hydrogen) atoms. The Morgan fingerprint density at radius 1 is 0.143 bits per heavy atom. The van der Waals surface area contributed by atoms with Crippen LogP contribution in [0.4, 0.5) is 70.2 Å². The summed E-state index contributed by atoms with van der Waals surface area (Å²) in [5.41, 5.74) is -12.1. The molecule has 8 bridgehead atoms. The van der Waals surface area contributed by atoms with Gasteiger partial charge in [0, 0.05) is 0 Å². The molecule has 5 heterocycles. The molecular weight excluding hydrogens is 800 g/mol. The second kappa shape index (κ2) is 11.3. The van der Waals surface area contributed by atoms with Crippen LogP contribution in [0.5, 0.6) is 0 Å². The second-order valence-electron chi connectivity index (χ2n) is 11.5. The van der Waals surface area contributed by atoms with Crippen LogP contribution in [0.25, 0.3) is 0 Å². The third-order valence-electron chi connectivity index (χ3n) is 8.55. The number of fused-ring (bicyclic) bond motifs is 16. The predicted molar refractivity (Wildman–Crippen MR) is 157 cm³/mol. The van der Waals surface area contributed by atoms with Gasteiger partial charge in [0.1, 0.15) is 0 Å². The van der Waals surface area contributed by atoms with Crippen LogP contribution in [0, 0.1) is 93.1 Å². The Morgan fingerprint density at radius 2 is 0.232 bits per heavy atom. The molecule has 0 aromatic heterocycles. The fourth-order valence-electron chi connectivity index (χ4n) is 6.10. The summed E-state index contributed by atoms with van der Waals surface area (Å²) in [6, 6.07) is 0. The molecule has 4 aromatic rings. The molecule has 0 radical (unpaired) electrons. The molecular formula is C32F16N8. The van der Waals surface area contributed by atoms with Crippen LogP contribution >= 0.6 is 0 Å². The zero-order chi connectivity index (χ0) is 40.1. The number of benzene rings is 4. The maximum Gasteiger partial charge on any atom is 0.198 e. The molecule has 0 amide bonds. The van der Waals surface area contributed by atoms with E-state index in [2.05, 4.69) is 39.9 Å². The lowest BCUT2D eigenvalue weighted by molar-refractivity contribution is 0.407. The molecule has 24 heteroatoms. The molecule has 5 aliphatic rings. The van der Waals surface area contributed by atoms with Gasteiger partial charge in [0.15, 0.2) is 140 Å². The minimum atomic E-state index is -2.55. The van der Waals surface area contributed by atoms with Crippen molar-refractivity contribution in [3.8, 4) is 0 Å². The second-order valence-corrected chi connectivity index (χ2v) is 11.5. The third-order valence-corrected chi connectivity index (χ3v) is 8.55. The smallest absolute Gasteiger partial charge is 0.198 e. The summed E-state index contributed by atoms with van der Waals surface area (Å²) in [5.74, 6) is -50.5. The molecule has 5 aliphatic heterocycles. The lowest BCUT2D eigenvalue weighted by atomic mass is 10.0. The molecule has 280 valence electrons. The number of rotatable bonds is 0. The van der Waals surface area contributed by atoms with Crippen molar-refractivity contribution in [2.24, 2.45) is 39.9 Å². The molecule has 4 aromatic carbocycles. The molecule has 0 saturated carbocycles. The maximum atomic E-state index is 15.4. The zero-order valence-electron chi connectivity index (χ0n) is 25.6. The molecule has 0 N–H and O–H groups in total. The summed E-state index contributed by atoms with van der Waals surface area (Å²) in [6.45, 7) is 0. The first-order valence-corrected chi connectivity index (χ1v) is 14.6. The van der Waals surface area contributed by atoms with Crippen molar-refractivity contribution in [2.75, 3.05) is 0 Å². The topological polar surface area (TPSA) is 98.9 Å². The molecule has 0 saturated heterocycles. The van der Waals surface area contributed by atoms with Gasteiger partial charge >= 0.3 is 0 Å². The number of hydrogen-bond donors (Lipinski definition) is 0. The highest BCUT2D eigenvalue weighted by Gasteiger charge is 2.43. The van der Waals surface area contributed by atoms with E-state index in [1.54, 1.807) is 0 Å². The fourth-order valence-corrected chi connectivity index (χ4v) is 6.10. The predicted octanol–water partition coefficient (Wildman–Crippen LogP) is 7.05. The minimum absolute atomic E-state index is 1.42. The van der Waals surface area contributed by atoms with E-state index in [1.165, 1.54) is 0 Å². The number of aliphatic imine (C=N–C) groups is 8. The quantitative estimate of drug-likeness (QED) is 0.104. The highest BCUT2D eigenvalue weighted by Crippen LogP contribution is 2.38. The van der Waals surface area contributed by atoms with Crippen molar-refractivity contribution >= 4 is 46.7 Å². The molecule has 0 unspecified atom stereocenters. The van der Waals surface area contributed by atoms with Gasteiger partial charge < -0.3 is 0 Å². The molecule has 9 rings (SSSR count). The van der Waals surface area contributed by atoms with E-state index >= 15 is 35.1 Å². The largest absolute Gasteiger partial charge is 0.208 e. The Morgan fingerprint density at radius 3 is 0.321 bits per heavy atom. The normalized spacial score (nSPS) is 16.0. The summed E-state index contributed by atoms with van der Waals surface area (Å²) in [5, 5.41) is 0. The Bertz CT molecular complexity index is 2560. The summed E-state index contributed by atoms with van der Waals surface area (Å²) < 4.78 is 240. The van der Waals surface area contributed by atoms with Gasteiger partial charge in [-0.1, -0.05) is 0 Å². The van der Waals surface area contributed by atoms with E-state index in [0.29, 0.717) is 0 Å². The van der Waals surface area contributed by atoms with Crippen molar-refractivity contribution in [3.05, 3.63) is 138 Å². The monoisotopic (exact) mass is 800 g/mol. The molecule has 0 spiro atoms. The van der Waals surface area contributed by atoms with E-state index in [0.717, 1.165) is 0 Å². The summed E-state index contributed by atoms with van der Waals surface area (Å²) in [7, 11) is 0. The summed E-state index contributed by atoms with van der Waals surface area (Å²) in [4.78, 5) is 28.3. The Labute approximate surface area is 294 Å². The van der Waals surface area contributed by atoms with Gasteiger partial charge in [-0.05, 0) is 0 Å². The number of halogens is 16. The molecule has 8 nitrogen and oxygen atoms in total.